The van der Waals surface area contributed by atoms with E-state index in [0.717, 1.165) is 0 Å². The second-order valence-corrected chi connectivity index (χ2v) is 4.16. The lowest BCUT2D eigenvalue weighted by Gasteiger charge is -1.93. The fourth-order valence-electron chi connectivity index (χ4n) is 1.06. The molecule has 0 bridgehead atoms. The number of hydrogen-bond donors (Lipinski definition) is 0. The largest absolute Gasteiger partial charge is 0.130 e. The lowest BCUT2D eigenvalue weighted by atomic mass is 10.2. The molecule has 1 aromatic rings. The maximum atomic E-state index is 2.25. The highest BCUT2D eigenvalue weighted by Crippen LogP contribution is 2.01. The first-order valence-electron chi connectivity index (χ1n) is 4.60. The third-order valence-corrected chi connectivity index (χ3v) is 3.03. The average molecular weight is 181 g/mol. The van der Waals surface area contributed by atoms with E-state index in [-0.39, 0.29) is 0 Å². The van der Waals surface area contributed by atoms with Gasteiger partial charge in [-0.05, 0) is 18.2 Å². The Labute approximate surface area is 79.4 Å². The number of unbranched alkanes of at least 4 members (excludes halogenated alkanes) is 1. The Morgan fingerprint density at radius 3 is 2.58 bits per heavy atom. The second-order valence-electron chi connectivity index (χ2n) is 2.94. The van der Waals surface area contributed by atoms with E-state index in [0.29, 0.717) is 0 Å². The molecule has 66 valence electrons. The van der Waals surface area contributed by atoms with E-state index in [1.165, 1.54) is 29.9 Å². The zero-order valence-electron chi connectivity index (χ0n) is 7.66. The van der Waals surface area contributed by atoms with E-state index in [1.54, 1.807) is 11.8 Å². The third kappa shape index (κ3) is 3.82. The second kappa shape index (κ2) is 6.13. The van der Waals surface area contributed by atoms with Gasteiger partial charge in [-0.15, -0.1) is 0 Å². The summed E-state index contributed by atoms with van der Waals surface area (Å²) in [5.41, 5.74) is 1.47. The molecule has 0 amide bonds. The molecular formula is C11H17S+. The summed E-state index contributed by atoms with van der Waals surface area (Å²) in [4.78, 5) is 0. The zero-order chi connectivity index (χ0) is 8.65. The highest BCUT2D eigenvalue weighted by molar-refractivity contribution is 7.77. The summed E-state index contributed by atoms with van der Waals surface area (Å²) >= 11 is 1.57. The first-order valence-corrected chi connectivity index (χ1v) is 5.87. The summed E-state index contributed by atoms with van der Waals surface area (Å²) in [6.45, 7) is 2.25. The van der Waals surface area contributed by atoms with Gasteiger partial charge in [0, 0.05) is 5.56 Å². The van der Waals surface area contributed by atoms with Crippen LogP contribution in [0.4, 0.5) is 0 Å². The van der Waals surface area contributed by atoms with E-state index >= 15 is 0 Å². The first-order chi connectivity index (χ1) is 5.93. The predicted octanol–water partition coefficient (Wildman–Crippen LogP) is 2.80. The van der Waals surface area contributed by atoms with Crippen LogP contribution in [0.3, 0.4) is 0 Å². The number of benzene rings is 1. The molecule has 0 fully saturated rings. The van der Waals surface area contributed by atoms with Gasteiger partial charge in [-0.3, -0.25) is 0 Å². The third-order valence-electron chi connectivity index (χ3n) is 1.81. The highest BCUT2D eigenvalue weighted by Gasteiger charge is 1.97. The number of rotatable bonds is 5. The molecule has 0 radical (unpaired) electrons. The van der Waals surface area contributed by atoms with Crippen LogP contribution in [-0.2, 0) is 17.5 Å². The molecule has 0 unspecified atom stereocenters. The van der Waals surface area contributed by atoms with E-state index in [4.69, 9.17) is 0 Å². The molecular weight excluding hydrogens is 164 g/mol. The molecule has 0 aliphatic rings. The van der Waals surface area contributed by atoms with Gasteiger partial charge in [0.25, 0.3) is 0 Å². The quantitative estimate of drug-likeness (QED) is 0.372. The Kier molecular flexibility index (Phi) is 4.93. The normalized spacial score (nSPS) is 10.1. The van der Waals surface area contributed by atoms with Crippen LogP contribution in [0.5, 0.6) is 0 Å². The van der Waals surface area contributed by atoms with Crippen LogP contribution in [0.2, 0.25) is 0 Å². The Hall–Kier alpha value is -0.430. The van der Waals surface area contributed by atoms with Gasteiger partial charge < -0.3 is 0 Å². The van der Waals surface area contributed by atoms with E-state index in [1.807, 2.05) is 0 Å². The summed E-state index contributed by atoms with van der Waals surface area (Å²) in [5, 5.41) is 0. The summed E-state index contributed by atoms with van der Waals surface area (Å²) < 4.78 is 0. The van der Waals surface area contributed by atoms with Gasteiger partial charge in [0.2, 0.25) is 0 Å². The van der Waals surface area contributed by atoms with Gasteiger partial charge >= 0.3 is 0 Å². The molecule has 0 atom stereocenters. The maximum Gasteiger partial charge on any atom is 0.130 e. The summed E-state index contributed by atoms with van der Waals surface area (Å²) in [6.07, 6.45) is 2.69. The molecule has 0 aliphatic carbocycles. The van der Waals surface area contributed by atoms with Crippen LogP contribution in [-0.4, -0.2) is 5.75 Å². The van der Waals surface area contributed by atoms with Crippen molar-refractivity contribution in [2.45, 2.75) is 25.5 Å². The van der Waals surface area contributed by atoms with Crippen LogP contribution >= 0.6 is 0 Å². The maximum absolute atomic E-state index is 2.25. The van der Waals surface area contributed by atoms with Crippen molar-refractivity contribution in [3.05, 3.63) is 35.9 Å². The van der Waals surface area contributed by atoms with Gasteiger partial charge in [0.1, 0.15) is 11.5 Å². The van der Waals surface area contributed by atoms with Crippen molar-refractivity contribution in [1.29, 1.82) is 0 Å². The van der Waals surface area contributed by atoms with Crippen LogP contribution < -0.4 is 0 Å². The van der Waals surface area contributed by atoms with E-state index in [2.05, 4.69) is 37.3 Å². The molecule has 0 aromatic heterocycles. The number of hydrogen-bond acceptors (Lipinski definition) is 0. The van der Waals surface area contributed by atoms with Crippen LogP contribution in [0, 0.1) is 0 Å². The van der Waals surface area contributed by atoms with Crippen molar-refractivity contribution < 1.29 is 0 Å². The lowest BCUT2D eigenvalue weighted by Crippen LogP contribution is -1.92. The minimum absolute atomic E-state index is 1.22. The SMILES string of the molecule is CCCC[SH+]Cc1ccccc1. The highest BCUT2D eigenvalue weighted by atomic mass is 32.2. The fraction of sp³-hybridized carbons (Fsp3) is 0.455. The summed E-state index contributed by atoms with van der Waals surface area (Å²) in [6, 6.07) is 10.7. The average Bonchev–Trinajstić information content (AvgIpc) is 2.14. The van der Waals surface area contributed by atoms with Crippen molar-refractivity contribution in [1.82, 2.24) is 0 Å². The minimum atomic E-state index is 1.22. The smallest absolute Gasteiger partial charge is 0.0652 e. The summed E-state index contributed by atoms with van der Waals surface area (Å²) in [7, 11) is 0. The Morgan fingerprint density at radius 1 is 1.17 bits per heavy atom. The zero-order valence-corrected chi connectivity index (χ0v) is 8.56. The monoisotopic (exact) mass is 181 g/mol. The fourth-order valence-corrected chi connectivity index (χ4v) is 2.23. The molecule has 0 N–H and O–H groups in total. The van der Waals surface area contributed by atoms with Crippen LogP contribution in [0.25, 0.3) is 0 Å². The molecule has 0 aliphatic heterocycles. The first kappa shape index (κ1) is 9.66. The molecule has 1 aromatic carbocycles. The van der Waals surface area contributed by atoms with Crippen LogP contribution in [0.15, 0.2) is 30.3 Å². The van der Waals surface area contributed by atoms with Crippen molar-refractivity contribution in [3.8, 4) is 0 Å². The van der Waals surface area contributed by atoms with Gasteiger partial charge in [0.15, 0.2) is 0 Å². The van der Waals surface area contributed by atoms with Crippen molar-refractivity contribution in [3.63, 3.8) is 0 Å². The molecule has 0 nitrogen and oxygen atoms in total. The minimum Gasteiger partial charge on any atom is -0.0652 e. The van der Waals surface area contributed by atoms with Crippen LogP contribution in [0.1, 0.15) is 25.3 Å². The van der Waals surface area contributed by atoms with Crippen molar-refractivity contribution in [2.75, 3.05) is 5.75 Å². The van der Waals surface area contributed by atoms with Gasteiger partial charge in [-0.2, -0.15) is 0 Å². The Bertz CT molecular complexity index is 193. The molecule has 0 saturated carbocycles. The van der Waals surface area contributed by atoms with Gasteiger partial charge in [0.05, 0.1) is 0 Å². The lowest BCUT2D eigenvalue weighted by molar-refractivity contribution is 0.895. The molecule has 0 saturated heterocycles. The Balaban J connectivity index is 2.16. The molecule has 12 heavy (non-hydrogen) atoms. The number of thiol groups is 1. The predicted molar refractivity (Wildman–Crippen MR) is 58.7 cm³/mol. The molecule has 0 spiro atoms. The molecule has 0 heterocycles. The summed E-state index contributed by atoms with van der Waals surface area (Å²) in [5.74, 6) is 2.58. The standard InChI is InChI=1S/C11H16S/c1-2-3-9-12-10-11-7-5-4-6-8-11/h4-8H,2-3,9-10H2,1H3/p+1. The van der Waals surface area contributed by atoms with Gasteiger partial charge in [-0.1, -0.05) is 43.7 Å². The topological polar surface area (TPSA) is 0 Å². The molecule has 1 rings (SSSR count). The molecule has 1 heteroatoms. The van der Waals surface area contributed by atoms with Gasteiger partial charge in [-0.25, -0.2) is 0 Å². The van der Waals surface area contributed by atoms with Crippen molar-refractivity contribution >= 4 is 11.8 Å². The van der Waals surface area contributed by atoms with Crippen molar-refractivity contribution in [2.24, 2.45) is 0 Å². The Morgan fingerprint density at radius 2 is 1.92 bits per heavy atom. The van der Waals surface area contributed by atoms with E-state index in [9.17, 15) is 0 Å². The van der Waals surface area contributed by atoms with E-state index < -0.39 is 0 Å².